The Morgan fingerprint density at radius 2 is 1.59 bits per heavy atom. The fraction of sp³-hybridized carbons (Fsp3) is 1.00. The topological polar surface area (TPSA) is 15.3 Å². The van der Waals surface area contributed by atoms with E-state index < -0.39 is 0 Å². The van der Waals surface area contributed by atoms with Gasteiger partial charge in [-0.2, -0.15) is 0 Å². The van der Waals surface area contributed by atoms with E-state index in [4.69, 9.17) is 0 Å². The normalized spacial score (nSPS) is 23.6. The Balaban J connectivity index is 1.51. The molecule has 0 amide bonds. The van der Waals surface area contributed by atoms with Crippen LogP contribution in [-0.2, 0) is 0 Å². The number of hydrogen-bond acceptors (Lipinski definition) is 2. The van der Waals surface area contributed by atoms with Gasteiger partial charge in [-0.1, -0.05) is 32.1 Å². The fourth-order valence-corrected chi connectivity index (χ4v) is 3.48. The predicted octanol–water partition coefficient (Wildman–Crippen LogP) is 3.03. The van der Waals surface area contributed by atoms with Crippen LogP contribution in [0.25, 0.3) is 0 Å². The van der Waals surface area contributed by atoms with Crippen LogP contribution in [0.2, 0.25) is 0 Å². The molecule has 0 aromatic carbocycles. The van der Waals surface area contributed by atoms with Crippen molar-refractivity contribution in [2.75, 3.05) is 26.7 Å². The minimum atomic E-state index is 0.872. The lowest BCUT2D eigenvalue weighted by molar-refractivity contribution is 0.191. The third kappa shape index (κ3) is 4.59. The van der Waals surface area contributed by atoms with Crippen molar-refractivity contribution in [3.63, 3.8) is 0 Å². The summed E-state index contributed by atoms with van der Waals surface area (Å²) in [5, 5.41) is 3.66. The molecule has 0 unspecified atom stereocenters. The Morgan fingerprint density at radius 1 is 0.941 bits per heavy atom. The maximum atomic E-state index is 3.66. The number of nitrogens with one attached hydrogen (secondary N) is 1. The molecule has 2 rings (SSSR count). The van der Waals surface area contributed by atoms with Crippen LogP contribution in [0.3, 0.4) is 0 Å². The maximum absolute atomic E-state index is 3.66. The fourth-order valence-electron chi connectivity index (χ4n) is 3.48. The molecule has 2 saturated carbocycles. The van der Waals surface area contributed by atoms with E-state index in [-0.39, 0.29) is 0 Å². The van der Waals surface area contributed by atoms with E-state index in [0.717, 1.165) is 12.0 Å². The van der Waals surface area contributed by atoms with E-state index in [2.05, 4.69) is 17.3 Å². The van der Waals surface area contributed by atoms with E-state index in [1.165, 1.54) is 77.4 Å². The smallest absolute Gasteiger partial charge is 0.0107 e. The number of likely N-dealkylation sites (N-methyl/N-ethyl adjacent to an activating group) is 1. The first-order valence-electron chi connectivity index (χ1n) is 7.77. The highest BCUT2D eigenvalue weighted by Crippen LogP contribution is 2.23. The number of rotatable bonds is 6. The van der Waals surface area contributed by atoms with Crippen molar-refractivity contribution in [1.29, 1.82) is 0 Å². The second-order valence-corrected chi connectivity index (χ2v) is 6.13. The van der Waals surface area contributed by atoms with Gasteiger partial charge in [0, 0.05) is 19.1 Å². The van der Waals surface area contributed by atoms with Crippen molar-refractivity contribution in [2.45, 2.75) is 63.8 Å². The Kier molecular flexibility index (Phi) is 5.79. The first-order chi connectivity index (χ1) is 8.36. The maximum Gasteiger partial charge on any atom is 0.0107 e. The van der Waals surface area contributed by atoms with Crippen molar-refractivity contribution in [3.05, 3.63) is 0 Å². The summed E-state index contributed by atoms with van der Waals surface area (Å²) >= 11 is 0. The zero-order valence-electron chi connectivity index (χ0n) is 11.6. The summed E-state index contributed by atoms with van der Waals surface area (Å²) < 4.78 is 0. The van der Waals surface area contributed by atoms with Crippen LogP contribution in [-0.4, -0.2) is 37.6 Å². The molecular weight excluding hydrogens is 208 g/mol. The molecule has 2 aliphatic rings. The van der Waals surface area contributed by atoms with Gasteiger partial charge >= 0.3 is 0 Å². The summed E-state index contributed by atoms with van der Waals surface area (Å²) in [6.45, 7) is 3.68. The van der Waals surface area contributed by atoms with Gasteiger partial charge < -0.3 is 10.2 Å². The third-order valence-electron chi connectivity index (χ3n) is 4.75. The average molecular weight is 238 g/mol. The molecule has 0 aromatic heterocycles. The highest BCUT2D eigenvalue weighted by Gasteiger charge is 2.18. The van der Waals surface area contributed by atoms with E-state index in [1.54, 1.807) is 0 Å². The summed E-state index contributed by atoms with van der Waals surface area (Å²) in [7, 11) is 2.31. The lowest BCUT2D eigenvalue weighted by atomic mass is 9.94. The van der Waals surface area contributed by atoms with Crippen LogP contribution in [0.5, 0.6) is 0 Å². The quantitative estimate of drug-likeness (QED) is 0.716. The summed E-state index contributed by atoms with van der Waals surface area (Å²) in [6.07, 6.45) is 13.1. The molecule has 2 aliphatic carbocycles. The van der Waals surface area contributed by atoms with Gasteiger partial charge in [-0.3, -0.25) is 0 Å². The van der Waals surface area contributed by atoms with Gasteiger partial charge in [-0.05, 0) is 45.2 Å². The molecule has 0 heterocycles. The summed E-state index contributed by atoms with van der Waals surface area (Å²) in [4.78, 5) is 2.58. The SMILES string of the molecule is CN(CCNCC1CCCC1)C1CCCCC1. The molecular formula is C15H30N2. The molecule has 17 heavy (non-hydrogen) atoms. The minimum Gasteiger partial charge on any atom is -0.315 e. The molecule has 0 saturated heterocycles. The average Bonchev–Trinajstić information content (AvgIpc) is 2.88. The Hall–Kier alpha value is -0.0800. The van der Waals surface area contributed by atoms with Crippen LogP contribution in [0.15, 0.2) is 0 Å². The van der Waals surface area contributed by atoms with Gasteiger partial charge in [-0.15, -0.1) is 0 Å². The van der Waals surface area contributed by atoms with Crippen molar-refractivity contribution >= 4 is 0 Å². The van der Waals surface area contributed by atoms with Crippen LogP contribution < -0.4 is 5.32 Å². The van der Waals surface area contributed by atoms with Gasteiger partial charge in [-0.25, -0.2) is 0 Å². The first-order valence-corrected chi connectivity index (χ1v) is 7.77. The minimum absolute atomic E-state index is 0.872. The molecule has 2 heteroatoms. The monoisotopic (exact) mass is 238 g/mol. The van der Waals surface area contributed by atoms with Gasteiger partial charge in [0.1, 0.15) is 0 Å². The van der Waals surface area contributed by atoms with Gasteiger partial charge in [0.25, 0.3) is 0 Å². The molecule has 0 aliphatic heterocycles. The molecule has 0 atom stereocenters. The Bertz CT molecular complexity index is 193. The third-order valence-corrected chi connectivity index (χ3v) is 4.75. The second-order valence-electron chi connectivity index (χ2n) is 6.13. The van der Waals surface area contributed by atoms with E-state index in [0.29, 0.717) is 0 Å². The lowest BCUT2D eigenvalue weighted by Crippen LogP contribution is -2.38. The summed E-state index contributed by atoms with van der Waals surface area (Å²) in [5.74, 6) is 0.981. The molecule has 100 valence electrons. The zero-order valence-corrected chi connectivity index (χ0v) is 11.6. The van der Waals surface area contributed by atoms with Gasteiger partial charge in [0.05, 0.1) is 0 Å². The number of nitrogens with zero attached hydrogens (tertiary/aromatic N) is 1. The second kappa shape index (κ2) is 7.38. The van der Waals surface area contributed by atoms with E-state index in [9.17, 15) is 0 Å². The van der Waals surface area contributed by atoms with Crippen molar-refractivity contribution in [3.8, 4) is 0 Å². The molecule has 0 bridgehead atoms. The molecule has 1 N–H and O–H groups in total. The van der Waals surface area contributed by atoms with Crippen LogP contribution in [0.4, 0.5) is 0 Å². The molecule has 0 aromatic rings. The standard InChI is InChI=1S/C15H30N2/c1-17(15-9-3-2-4-10-15)12-11-16-13-14-7-5-6-8-14/h14-16H,2-13H2,1H3. The Labute approximate surface area is 107 Å². The molecule has 2 nitrogen and oxygen atoms in total. The summed E-state index contributed by atoms with van der Waals surface area (Å²) in [6, 6.07) is 0.872. The van der Waals surface area contributed by atoms with Crippen LogP contribution >= 0.6 is 0 Å². The van der Waals surface area contributed by atoms with Crippen molar-refractivity contribution in [2.24, 2.45) is 5.92 Å². The van der Waals surface area contributed by atoms with Gasteiger partial charge in [0.2, 0.25) is 0 Å². The Morgan fingerprint density at radius 3 is 2.29 bits per heavy atom. The lowest BCUT2D eigenvalue weighted by Gasteiger charge is -2.31. The highest BCUT2D eigenvalue weighted by molar-refractivity contribution is 4.74. The van der Waals surface area contributed by atoms with E-state index >= 15 is 0 Å². The van der Waals surface area contributed by atoms with Gasteiger partial charge in [0.15, 0.2) is 0 Å². The van der Waals surface area contributed by atoms with Crippen LogP contribution in [0, 0.1) is 5.92 Å². The first kappa shape index (κ1) is 13.4. The summed E-state index contributed by atoms with van der Waals surface area (Å²) in [5.41, 5.74) is 0. The number of hydrogen-bond donors (Lipinski definition) is 1. The molecule has 0 radical (unpaired) electrons. The largest absolute Gasteiger partial charge is 0.315 e. The van der Waals surface area contributed by atoms with Crippen LogP contribution in [0.1, 0.15) is 57.8 Å². The van der Waals surface area contributed by atoms with Crippen molar-refractivity contribution in [1.82, 2.24) is 10.2 Å². The van der Waals surface area contributed by atoms with Crippen molar-refractivity contribution < 1.29 is 0 Å². The van der Waals surface area contributed by atoms with E-state index in [1.807, 2.05) is 0 Å². The zero-order chi connectivity index (χ0) is 11.9. The molecule has 2 fully saturated rings. The highest BCUT2D eigenvalue weighted by atomic mass is 15.1. The molecule has 0 spiro atoms. The predicted molar refractivity (Wildman–Crippen MR) is 74.3 cm³/mol.